The number of carbonyl (C=O) groups excluding carboxylic acids is 1. The molecule has 2 fully saturated rings. The molecule has 1 aromatic heterocycles. The Hall–Kier alpha value is -1.72. The zero-order valence-corrected chi connectivity index (χ0v) is 16.2. The van der Waals surface area contributed by atoms with Crippen LogP contribution in [-0.4, -0.2) is 83.1 Å². The van der Waals surface area contributed by atoms with Gasteiger partial charge in [-0.25, -0.2) is 13.2 Å². The summed E-state index contributed by atoms with van der Waals surface area (Å²) >= 11 is 0. The van der Waals surface area contributed by atoms with Crippen LogP contribution in [0.4, 0.5) is 4.79 Å². The predicted octanol–water partition coefficient (Wildman–Crippen LogP) is -0.440. The summed E-state index contributed by atoms with van der Waals surface area (Å²) in [5, 5.41) is 10.6. The molecule has 4 heterocycles. The van der Waals surface area contributed by atoms with Crippen LogP contribution in [0.1, 0.15) is 30.9 Å². The Labute approximate surface area is 158 Å². The molecule has 1 atom stereocenters. The van der Waals surface area contributed by atoms with Crippen molar-refractivity contribution in [1.29, 1.82) is 0 Å². The summed E-state index contributed by atoms with van der Waals surface area (Å²) in [6, 6.07) is -0.243. The van der Waals surface area contributed by atoms with Gasteiger partial charge < -0.3 is 19.5 Å². The van der Waals surface area contributed by atoms with Gasteiger partial charge in [-0.15, -0.1) is 10.2 Å². The maximum atomic E-state index is 12.9. The number of aryl methyl sites for hydroxylation is 1. The first-order valence-corrected chi connectivity index (χ1v) is 11.1. The molecular formula is C16H26N6O4S. The summed E-state index contributed by atoms with van der Waals surface area (Å²) < 4.78 is 34.5. The molecule has 1 unspecified atom stereocenters. The SMILES string of the molecule is O=C(NCc1nnc2n1CCC2)N1CCCC(S(=O)(=O)N2CCOCC2)C1. The molecule has 0 radical (unpaired) electrons. The summed E-state index contributed by atoms with van der Waals surface area (Å²) in [5.74, 6) is 1.72. The number of sulfonamides is 1. The minimum atomic E-state index is -3.41. The molecule has 2 amide bonds. The maximum absolute atomic E-state index is 12.9. The number of hydrogen-bond donors (Lipinski definition) is 1. The van der Waals surface area contributed by atoms with Crippen LogP contribution in [0.25, 0.3) is 0 Å². The van der Waals surface area contributed by atoms with Crippen LogP contribution in [0, 0.1) is 0 Å². The van der Waals surface area contributed by atoms with E-state index in [0.29, 0.717) is 52.2 Å². The van der Waals surface area contributed by atoms with Gasteiger partial charge in [0, 0.05) is 39.1 Å². The zero-order chi connectivity index (χ0) is 18.9. The van der Waals surface area contributed by atoms with Crippen LogP contribution in [0.3, 0.4) is 0 Å². The van der Waals surface area contributed by atoms with E-state index in [2.05, 4.69) is 15.5 Å². The summed E-state index contributed by atoms with van der Waals surface area (Å²) in [7, 11) is -3.41. The first kappa shape index (κ1) is 18.6. The fourth-order valence-corrected chi connectivity index (χ4v) is 5.90. The second kappa shape index (κ2) is 7.72. The van der Waals surface area contributed by atoms with Crippen LogP contribution in [0.5, 0.6) is 0 Å². The summed E-state index contributed by atoms with van der Waals surface area (Å²) in [4.78, 5) is 14.2. The normalized spacial score (nSPS) is 24.0. The van der Waals surface area contributed by atoms with Crippen molar-refractivity contribution in [3.05, 3.63) is 11.6 Å². The van der Waals surface area contributed by atoms with Crippen LogP contribution in [-0.2, 0) is 34.3 Å². The van der Waals surface area contributed by atoms with Gasteiger partial charge in [0.25, 0.3) is 0 Å². The van der Waals surface area contributed by atoms with Crippen molar-refractivity contribution >= 4 is 16.1 Å². The average Bonchev–Trinajstić information content (AvgIpc) is 3.31. The van der Waals surface area contributed by atoms with Crippen molar-refractivity contribution in [3.8, 4) is 0 Å². The fourth-order valence-electron chi connectivity index (χ4n) is 3.99. The Morgan fingerprint density at radius 1 is 1.15 bits per heavy atom. The lowest BCUT2D eigenvalue weighted by Gasteiger charge is -2.36. The third kappa shape index (κ3) is 3.81. The molecule has 2 saturated heterocycles. The maximum Gasteiger partial charge on any atom is 0.317 e. The molecule has 0 bridgehead atoms. The topological polar surface area (TPSA) is 110 Å². The summed E-state index contributed by atoms with van der Waals surface area (Å²) in [6.45, 7) is 3.63. The lowest BCUT2D eigenvalue weighted by molar-refractivity contribution is 0.0721. The fraction of sp³-hybridized carbons (Fsp3) is 0.812. The molecular weight excluding hydrogens is 372 g/mol. The van der Waals surface area contributed by atoms with E-state index in [-0.39, 0.29) is 12.6 Å². The predicted molar refractivity (Wildman–Crippen MR) is 96.5 cm³/mol. The Balaban J connectivity index is 1.35. The average molecular weight is 398 g/mol. The highest BCUT2D eigenvalue weighted by Gasteiger charge is 2.37. The van der Waals surface area contributed by atoms with Gasteiger partial charge in [0.15, 0.2) is 5.82 Å². The van der Waals surface area contributed by atoms with Gasteiger partial charge >= 0.3 is 6.03 Å². The minimum absolute atomic E-state index is 0.226. The smallest absolute Gasteiger partial charge is 0.317 e. The van der Waals surface area contributed by atoms with Gasteiger partial charge in [-0.1, -0.05) is 0 Å². The molecule has 1 aromatic rings. The Morgan fingerprint density at radius 3 is 2.78 bits per heavy atom. The Morgan fingerprint density at radius 2 is 1.96 bits per heavy atom. The summed E-state index contributed by atoms with van der Waals surface area (Å²) in [6.07, 6.45) is 3.25. The van der Waals surface area contributed by atoms with Gasteiger partial charge in [-0.3, -0.25) is 0 Å². The van der Waals surface area contributed by atoms with Gasteiger partial charge in [-0.05, 0) is 19.3 Å². The minimum Gasteiger partial charge on any atom is -0.379 e. The number of urea groups is 1. The Kier molecular flexibility index (Phi) is 5.33. The number of amides is 2. The molecule has 0 aromatic carbocycles. The van der Waals surface area contributed by atoms with E-state index in [1.165, 1.54) is 4.31 Å². The number of ether oxygens (including phenoxy) is 1. The number of fused-ring (bicyclic) bond motifs is 1. The third-order valence-corrected chi connectivity index (χ3v) is 7.81. The van der Waals surface area contributed by atoms with Crippen LogP contribution >= 0.6 is 0 Å². The highest BCUT2D eigenvalue weighted by molar-refractivity contribution is 7.89. The lowest BCUT2D eigenvalue weighted by atomic mass is 10.1. The van der Waals surface area contributed by atoms with E-state index < -0.39 is 15.3 Å². The quantitative estimate of drug-likeness (QED) is 0.736. The molecule has 27 heavy (non-hydrogen) atoms. The van der Waals surface area contributed by atoms with Crippen LogP contribution < -0.4 is 5.32 Å². The van der Waals surface area contributed by atoms with Crippen molar-refractivity contribution in [2.24, 2.45) is 0 Å². The number of aromatic nitrogens is 3. The zero-order valence-electron chi connectivity index (χ0n) is 15.3. The second-order valence-electron chi connectivity index (χ2n) is 7.21. The van der Waals surface area contributed by atoms with Crippen molar-refractivity contribution < 1.29 is 17.9 Å². The van der Waals surface area contributed by atoms with E-state index in [4.69, 9.17) is 4.74 Å². The monoisotopic (exact) mass is 398 g/mol. The number of nitrogens with one attached hydrogen (secondary N) is 1. The molecule has 3 aliphatic rings. The van der Waals surface area contributed by atoms with E-state index in [1.807, 2.05) is 4.57 Å². The molecule has 10 nitrogen and oxygen atoms in total. The molecule has 0 spiro atoms. The number of rotatable bonds is 4. The number of hydrogen-bond acceptors (Lipinski definition) is 6. The van der Waals surface area contributed by atoms with Crippen molar-refractivity contribution in [2.75, 3.05) is 39.4 Å². The van der Waals surface area contributed by atoms with Crippen molar-refractivity contribution in [1.82, 2.24) is 29.3 Å². The Bertz CT molecular complexity index is 789. The molecule has 0 saturated carbocycles. The molecule has 1 N–H and O–H groups in total. The highest BCUT2D eigenvalue weighted by atomic mass is 32.2. The molecule has 11 heteroatoms. The lowest BCUT2D eigenvalue weighted by Crippen LogP contribution is -2.53. The number of morpholine rings is 1. The van der Waals surface area contributed by atoms with Crippen LogP contribution in [0.15, 0.2) is 0 Å². The second-order valence-corrected chi connectivity index (χ2v) is 9.43. The highest BCUT2D eigenvalue weighted by Crippen LogP contribution is 2.21. The van der Waals surface area contributed by atoms with Crippen molar-refractivity contribution in [2.45, 2.75) is 44.0 Å². The molecule has 150 valence electrons. The third-order valence-electron chi connectivity index (χ3n) is 5.50. The first-order valence-electron chi connectivity index (χ1n) is 9.56. The van der Waals surface area contributed by atoms with Crippen LogP contribution in [0.2, 0.25) is 0 Å². The van der Waals surface area contributed by atoms with Crippen molar-refractivity contribution in [3.63, 3.8) is 0 Å². The summed E-state index contributed by atoms with van der Waals surface area (Å²) in [5.41, 5.74) is 0. The van der Waals surface area contributed by atoms with E-state index in [0.717, 1.165) is 31.0 Å². The van der Waals surface area contributed by atoms with E-state index in [9.17, 15) is 13.2 Å². The molecule has 0 aliphatic carbocycles. The molecule has 4 rings (SSSR count). The number of nitrogens with zero attached hydrogens (tertiary/aromatic N) is 5. The number of carbonyl (C=O) groups is 1. The molecule has 3 aliphatic heterocycles. The number of piperidine rings is 1. The van der Waals surface area contributed by atoms with Gasteiger partial charge in [0.05, 0.1) is 25.0 Å². The van der Waals surface area contributed by atoms with E-state index >= 15 is 0 Å². The standard InChI is InChI=1S/C16H26N6O4S/c23-16(17-11-15-19-18-14-4-2-6-22(14)15)20-5-1-3-13(12-20)27(24,25)21-7-9-26-10-8-21/h13H,1-12H2,(H,17,23). The van der Waals surface area contributed by atoms with E-state index in [1.54, 1.807) is 4.90 Å². The van der Waals surface area contributed by atoms with Gasteiger partial charge in [0.1, 0.15) is 5.82 Å². The van der Waals surface area contributed by atoms with Gasteiger partial charge in [-0.2, -0.15) is 4.31 Å². The van der Waals surface area contributed by atoms with Gasteiger partial charge in [0.2, 0.25) is 10.0 Å². The first-order chi connectivity index (χ1) is 13.1. The largest absolute Gasteiger partial charge is 0.379 e. The number of likely N-dealkylation sites (tertiary alicyclic amines) is 1.